The number of anilines is 1. The molecule has 0 unspecified atom stereocenters. The van der Waals surface area contributed by atoms with Crippen molar-refractivity contribution in [2.75, 3.05) is 11.3 Å². The van der Waals surface area contributed by atoms with E-state index in [4.69, 9.17) is 4.74 Å². The van der Waals surface area contributed by atoms with Gasteiger partial charge in [-0.05, 0) is 43.2 Å². The van der Waals surface area contributed by atoms with Crippen molar-refractivity contribution in [1.29, 1.82) is 0 Å². The van der Waals surface area contributed by atoms with Crippen molar-refractivity contribution in [3.05, 3.63) is 63.7 Å². The Morgan fingerprint density at radius 3 is 2.44 bits per heavy atom. The van der Waals surface area contributed by atoms with Crippen LogP contribution in [0.1, 0.15) is 35.7 Å². The van der Waals surface area contributed by atoms with E-state index in [1.807, 2.05) is 6.92 Å². The third-order valence-electron chi connectivity index (χ3n) is 3.78. The Kier molecular flexibility index (Phi) is 6.51. The fourth-order valence-corrected chi connectivity index (χ4v) is 3.59. The first-order valence-corrected chi connectivity index (χ1v) is 9.78. The zero-order valence-electron chi connectivity index (χ0n) is 15.0. The summed E-state index contributed by atoms with van der Waals surface area (Å²) < 4.78 is 32.6. The van der Waals surface area contributed by atoms with Crippen LogP contribution in [-0.4, -0.2) is 25.9 Å². The third-order valence-corrected chi connectivity index (χ3v) is 5.30. The molecule has 0 aromatic heterocycles. The molecule has 8 nitrogen and oxygen atoms in total. The van der Waals surface area contributed by atoms with Crippen molar-refractivity contribution in [2.45, 2.75) is 31.6 Å². The molecule has 27 heavy (non-hydrogen) atoms. The second kappa shape index (κ2) is 8.63. The summed E-state index contributed by atoms with van der Waals surface area (Å²) in [5.74, 6) is -0.479. The molecule has 0 saturated carbocycles. The molecule has 144 valence electrons. The minimum Gasteiger partial charge on any atom is -0.462 e. The van der Waals surface area contributed by atoms with E-state index in [1.54, 1.807) is 6.92 Å². The van der Waals surface area contributed by atoms with Gasteiger partial charge in [-0.25, -0.2) is 13.2 Å². The lowest BCUT2D eigenvalue weighted by Gasteiger charge is -2.11. The average molecular weight is 392 g/mol. The van der Waals surface area contributed by atoms with Crippen LogP contribution in [0.25, 0.3) is 0 Å². The highest BCUT2D eigenvalue weighted by atomic mass is 32.2. The first kappa shape index (κ1) is 20.4. The highest BCUT2D eigenvalue weighted by Crippen LogP contribution is 2.24. The van der Waals surface area contributed by atoms with Gasteiger partial charge < -0.3 is 4.74 Å². The van der Waals surface area contributed by atoms with Crippen LogP contribution in [0.15, 0.2) is 47.4 Å². The molecule has 0 radical (unpaired) electrons. The number of ether oxygens (including phenoxy) is 1. The van der Waals surface area contributed by atoms with Gasteiger partial charge in [0.2, 0.25) is 0 Å². The number of hydrogen-bond acceptors (Lipinski definition) is 6. The fraction of sp³-hybridized carbons (Fsp3) is 0.278. The van der Waals surface area contributed by atoms with E-state index in [1.165, 1.54) is 36.4 Å². The van der Waals surface area contributed by atoms with E-state index >= 15 is 0 Å². The van der Waals surface area contributed by atoms with Crippen LogP contribution in [0.3, 0.4) is 0 Å². The molecule has 0 atom stereocenters. The Hall–Kier alpha value is -2.94. The fourth-order valence-electron chi connectivity index (χ4n) is 2.27. The number of nitro groups is 1. The topological polar surface area (TPSA) is 116 Å². The summed E-state index contributed by atoms with van der Waals surface area (Å²) >= 11 is 0. The number of aryl methyl sites for hydroxylation is 1. The predicted octanol–water partition coefficient (Wildman–Crippen LogP) is 3.66. The zero-order valence-corrected chi connectivity index (χ0v) is 15.8. The molecule has 0 saturated heterocycles. The molecule has 0 heterocycles. The SMILES string of the molecule is CCCCOC(=O)c1ccc(NS(=O)(=O)c2cc([N+](=O)[O-])ccc2C)cc1. The standard InChI is InChI=1S/C18H20N2O6S/c1-3-4-11-26-18(21)14-6-8-15(9-7-14)19-27(24,25)17-12-16(20(22)23)10-5-13(17)2/h5-10,12,19H,3-4,11H2,1-2H3. The molecule has 0 aliphatic heterocycles. The maximum Gasteiger partial charge on any atom is 0.338 e. The molecule has 2 aromatic rings. The van der Waals surface area contributed by atoms with Gasteiger partial charge in [-0.2, -0.15) is 0 Å². The van der Waals surface area contributed by atoms with Gasteiger partial charge in [0, 0.05) is 17.8 Å². The minimum absolute atomic E-state index is 0.181. The Labute approximate surface area is 157 Å². The second-order valence-electron chi connectivity index (χ2n) is 5.88. The number of benzene rings is 2. The molecule has 2 aromatic carbocycles. The van der Waals surface area contributed by atoms with E-state index < -0.39 is 20.9 Å². The Morgan fingerprint density at radius 1 is 1.19 bits per heavy atom. The second-order valence-corrected chi connectivity index (χ2v) is 7.53. The molecule has 0 aliphatic carbocycles. The summed E-state index contributed by atoms with van der Waals surface area (Å²) in [6.07, 6.45) is 1.68. The van der Waals surface area contributed by atoms with Crippen LogP contribution in [0.5, 0.6) is 0 Å². The molecule has 0 spiro atoms. The number of sulfonamides is 1. The quantitative estimate of drug-likeness (QED) is 0.317. The maximum absolute atomic E-state index is 12.6. The summed E-state index contributed by atoms with van der Waals surface area (Å²) in [6.45, 7) is 3.86. The molecule has 1 N–H and O–H groups in total. The lowest BCUT2D eigenvalue weighted by Crippen LogP contribution is -2.15. The van der Waals surface area contributed by atoms with Crippen molar-refractivity contribution in [1.82, 2.24) is 0 Å². The van der Waals surface area contributed by atoms with Gasteiger partial charge >= 0.3 is 5.97 Å². The van der Waals surface area contributed by atoms with Gasteiger partial charge in [0.1, 0.15) is 0 Å². The van der Waals surface area contributed by atoms with Crippen molar-refractivity contribution in [3.63, 3.8) is 0 Å². The number of carbonyl (C=O) groups excluding carboxylic acids is 1. The lowest BCUT2D eigenvalue weighted by atomic mass is 10.2. The van der Waals surface area contributed by atoms with E-state index in [0.717, 1.165) is 18.9 Å². The van der Waals surface area contributed by atoms with Gasteiger partial charge in [0.25, 0.3) is 15.7 Å². The summed E-state index contributed by atoms with van der Waals surface area (Å²) in [5, 5.41) is 10.9. The van der Waals surface area contributed by atoms with Crippen LogP contribution in [0.4, 0.5) is 11.4 Å². The number of nitro benzene ring substituents is 1. The molecule has 9 heteroatoms. The van der Waals surface area contributed by atoms with Gasteiger partial charge in [0.15, 0.2) is 0 Å². The summed E-state index contributed by atoms with van der Waals surface area (Å²) in [6, 6.07) is 9.40. The largest absolute Gasteiger partial charge is 0.462 e. The van der Waals surface area contributed by atoms with E-state index in [-0.39, 0.29) is 16.3 Å². The van der Waals surface area contributed by atoms with Gasteiger partial charge in [-0.15, -0.1) is 0 Å². The van der Waals surface area contributed by atoms with E-state index in [9.17, 15) is 23.3 Å². The summed E-state index contributed by atoms with van der Waals surface area (Å²) in [7, 11) is -4.02. The number of carbonyl (C=O) groups is 1. The molecule has 0 fully saturated rings. The molecular weight excluding hydrogens is 372 g/mol. The van der Waals surface area contributed by atoms with Crippen molar-refractivity contribution in [3.8, 4) is 0 Å². The maximum atomic E-state index is 12.6. The number of hydrogen-bond donors (Lipinski definition) is 1. The average Bonchev–Trinajstić information content (AvgIpc) is 2.62. The van der Waals surface area contributed by atoms with Crippen molar-refractivity contribution >= 4 is 27.4 Å². The minimum atomic E-state index is -4.02. The van der Waals surface area contributed by atoms with Crippen molar-refractivity contribution < 1.29 is 22.9 Å². The number of unbranched alkanes of at least 4 members (excludes halogenated alkanes) is 1. The number of esters is 1. The molecule has 0 amide bonds. The molecular formula is C18H20N2O6S. The van der Waals surface area contributed by atoms with E-state index in [2.05, 4.69) is 4.72 Å². The van der Waals surface area contributed by atoms with Gasteiger partial charge in [0.05, 0.1) is 22.0 Å². The molecule has 0 aliphatic rings. The Balaban J connectivity index is 2.18. The number of non-ortho nitro benzene ring substituents is 1. The van der Waals surface area contributed by atoms with Crippen LogP contribution in [0, 0.1) is 17.0 Å². The summed E-state index contributed by atoms with van der Waals surface area (Å²) in [4.78, 5) is 21.9. The zero-order chi connectivity index (χ0) is 20.0. The molecule has 2 rings (SSSR count). The van der Waals surface area contributed by atoms with Gasteiger partial charge in [-0.3, -0.25) is 14.8 Å². The number of nitrogens with zero attached hydrogens (tertiary/aromatic N) is 1. The van der Waals surface area contributed by atoms with Crippen LogP contribution >= 0.6 is 0 Å². The first-order valence-electron chi connectivity index (χ1n) is 8.29. The Morgan fingerprint density at radius 2 is 1.85 bits per heavy atom. The van der Waals surface area contributed by atoms with E-state index in [0.29, 0.717) is 17.7 Å². The summed E-state index contributed by atoms with van der Waals surface area (Å²) in [5.41, 5.74) is 0.599. The monoisotopic (exact) mass is 392 g/mol. The highest BCUT2D eigenvalue weighted by Gasteiger charge is 2.21. The highest BCUT2D eigenvalue weighted by molar-refractivity contribution is 7.92. The van der Waals surface area contributed by atoms with Gasteiger partial charge in [-0.1, -0.05) is 19.4 Å². The van der Waals surface area contributed by atoms with Crippen LogP contribution < -0.4 is 4.72 Å². The number of rotatable bonds is 8. The first-order chi connectivity index (χ1) is 12.7. The smallest absolute Gasteiger partial charge is 0.338 e. The number of nitrogens with one attached hydrogen (secondary N) is 1. The van der Waals surface area contributed by atoms with Crippen LogP contribution in [0.2, 0.25) is 0 Å². The molecule has 0 bridgehead atoms. The predicted molar refractivity (Wildman–Crippen MR) is 100 cm³/mol. The van der Waals surface area contributed by atoms with Crippen LogP contribution in [-0.2, 0) is 14.8 Å². The lowest BCUT2D eigenvalue weighted by molar-refractivity contribution is -0.385. The Bertz CT molecular complexity index is 939. The van der Waals surface area contributed by atoms with Crippen molar-refractivity contribution in [2.24, 2.45) is 0 Å². The third kappa shape index (κ3) is 5.27. The normalized spacial score (nSPS) is 11.0.